The van der Waals surface area contributed by atoms with Crippen molar-refractivity contribution < 1.29 is 0 Å². The van der Waals surface area contributed by atoms with Gasteiger partial charge in [-0.05, 0) is 53.4 Å². The van der Waals surface area contributed by atoms with Crippen LogP contribution in [0.3, 0.4) is 0 Å². The van der Waals surface area contributed by atoms with Crippen LogP contribution in [-0.4, -0.2) is 6.04 Å². The second kappa shape index (κ2) is 7.21. The van der Waals surface area contributed by atoms with Crippen LogP contribution in [0.25, 0.3) is 0 Å². The highest BCUT2D eigenvalue weighted by Gasteiger charge is 2.38. The van der Waals surface area contributed by atoms with Gasteiger partial charge >= 0.3 is 0 Å². The van der Waals surface area contributed by atoms with Gasteiger partial charge in [0.2, 0.25) is 0 Å². The van der Waals surface area contributed by atoms with Gasteiger partial charge in [0.1, 0.15) is 0 Å². The van der Waals surface area contributed by atoms with Crippen LogP contribution in [0.2, 0.25) is 0 Å². The predicted molar refractivity (Wildman–Crippen MR) is 117 cm³/mol. The topological polar surface area (TPSA) is 52.0 Å². The van der Waals surface area contributed by atoms with Gasteiger partial charge in [-0.15, -0.1) is 0 Å². The minimum absolute atomic E-state index is 0.0186. The van der Waals surface area contributed by atoms with Crippen molar-refractivity contribution in [3.63, 3.8) is 0 Å². The smallest absolute Gasteiger partial charge is 0.0402 e. The SMILES string of the molecule is C=C/C=C1/C=C2C=C3C(=CC2C(N)/C1=C/C)C(/C=C\C(N)=C/C)=CC3(C)C. The molecule has 0 saturated carbocycles. The molecule has 0 spiro atoms. The fourth-order valence-electron chi connectivity index (χ4n) is 4.18. The van der Waals surface area contributed by atoms with E-state index in [4.69, 9.17) is 11.5 Å². The van der Waals surface area contributed by atoms with Gasteiger partial charge in [0.05, 0.1) is 0 Å². The fraction of sp³-hybridized carbons (Fsp3) is 0.280. The number of nitrogens with two attached hydrogens (primary N) is 2. The summed E-state index contributed by atoms with van der Waals surface area (Å²) in [7, 11) is 0. The number of hydrogen-bond acceptors (Lipinski definition) is 2. The summed E-state index contributed by atoms with van der Waals surface area (Å²) < 4.78 is 0. The molecule has 0 heterocycles. The van der Waals surface area contributed by atoms with E-state index < -0.39 is 0 Å². The molecule has 3 aliphatic rings. The Labute approximate surface area is 163 Å². The lowest BCUT2D eigenvalue weighted by Gasteiger charge is -2.35. The van der Waals surface area contributed by atoms with E-state index in [0.29, 0.717) is 0 Å². The number of hydrogen-bond donors (Lipinski definition) is 2. The summed E-state index contributed by atoms with van der Waals surface area (Å²) in [6.45, 7) is 12.4. The standard InChI is InChI=1S/C25H30N2/c1-6-9-16-12-18-13-23-21(14-22(18)24(27)20(16)8-3)17(15-25(23,4)5)10-11-19(26)7-2/h6-15,22,24H,1,26-27H2,2-5H3/b11-10-,16-9-,19-7+,20-8+. The molecule has 3 aliphatic carbocycles. The summed E-state index contributed by atoms with van der Waals surface area (Å²) in [5.74, 6) is 0.182. The monoisotopic (exact) mass is 358 g/mol. The van der Waals surface area contributed by atoms with Crippen LogP contribution in [0.1, 0.15) is 27.7 Å². The molecule has 0 amide bonds. The van der Waals surface area contributed by atoms with Gasteiger partial charge in [-0.3, -0.25) is 0 Å². The van der Waals surface area contributed by atoms with Crippen molar-refractivity contribution in [1.29, 1.82) is 0 Å². The van der Waals surface area contributed by atoms with Gasteiger partial charge in [0.25, 0.3) is 0 Å². The Balaban J connectivity index is 2.11. The van der Waals surface area contributed by atoms with Gasteiger partial charge in [0.15, 0.2) is 0 Å². The summed E-state index contributed by atoms with van der Waals surface area (Å²) in [5, 5.41) is 0. The molecule has 0 aromatic rings. The minimum atomic E-state index is -0.0546. The van der Waals surface area contributed by atoms with E-state index in [1.807, 2.05) is 31.2 Å². The van der Waals surface area contributed by atoms with E-state index in [2.05, 4.69) is 63.8 Å². The highest BCUT2D eigenvalue weighted by Crippen LogP contribution is 2.50. The number of allylic oxidation sites excluding steroid dienone is 12. The largest absolute Gasteiger partial charge is 0.399 e. The molecule has 0 bridgehead atoms. The quantitative estimate of drug-likeness (QED) is 0.683. The summed E-state index contributed by atoms with van der Waals surface area (Å²) >= 11 is 0. The first-order valence-corrected chi connectivity index (χ1v) is 9.56. The summed E-state index contributed by atoms with van der Waals surface area (Å²) in [4.78, 5) is 0. The second-order valence-corrected chi connectivity index (χ2v) is 7.88. The van der Waals surface area contributed by atoms with Crippen LogP contribution in [0.15, 0.2) is 106 Å². The highest BCUT2D eigenvalue weighted by atomic mass is 14.7. The van der Waals surface area contributed by atoms with E-state index in [-0.39, 0.29) is 17.4 Å². The van der Waals surface area contributed by atoms with E-state index in [0.717, 1.165) is 11.3 Å². The first-order valence-electron chi connectivity index (χ1n) is 9.56. The summed E-state index contributed by atoms with van der Waals surface area (Å²) in [6, 6.07) is -0.0546. The van der Waals surface area contributed by atoms with Crippen molar-refractivity contribution in [3.05, 3.63) is 106 Å². The van der Waals surface area contributed by atoms with Crippen molar-refractivity contribution in [2.45, 2.75) is 33.7 Å². The molecule has 2 heteroatoms. The summed E-state index contributed by atoms with van der Waals surface area (Å²) in [6.07, 6.45) is 21.2. The van der Waals surface area contributed by atoms with Crippen LogP contribution in [0, 0.1) is 11.3 Å². The molecule has 0 saturated heterocycles. The maximum Gasteiger partial charge on any atom is 0.0402 e. The molecule has 0 radical (unpaired) electrons. The van der Waals surface area contributed by atoms with Crippen molar-refractivity contribution in [1.82, 2.24) is 0 Å². The molecule has 2 nitrogen and oxygen atoms in total. The van der Waals surface area contributed by atoms with Gasteiger partial charge < -0.3 is 11.5 Å². The first kappa shape index (κ1) is 19.2. The molecule has 3 rings (SSSR count). The van der Waals surface area contributed by atoms with E-state index in [1.54, 1.807) is 0 Å². The van der Waals surface area contributed by atoms with Crippen LogP contribution < -0.4 is 11.5 Å². The minimum Gasteiger partial charge on any atom is -0.399 e. The Bertz CT molecular complexity index is 908. The molecule has 0 aliphatic heterocycles. The Morgan fingerprint density at radius 2 is 1.96 bits per heavy atom. The Hall–Kier alpha value is -2.58. The lowest BCUT2D eigenvalue weighted by molar-refractivity contribution is 0.582. The van der Waals surface area contributed by atoms with Gasteiger partial charge in [-0.1, -0.05) is 75.1 Å². The van der Waals surface area contributed by atoms with Crippen molar-refractivity contribution in [3.8, 4) is 0 Å². The molecule has 27 heavy (non-hydrogen) atoms. The van der Waals surface area contributed by atoms with Gasteiger partial charge in [-0.25, -0.2) is 0 Å². The normalized spacial score (nSPS) is 29.9. The number of fused-ring (bicyclic) bond motifs is 2. The van der Waals surface area contributed by atoms with Crippen LogP contribution in [0.4, 0.5) is 0 Å². The molecule has 140 valence electrons. The Kier molecular flexibility index (Phi) is 5.12. The first-order chi connectivity index (χ1) is 12.8. The Morgan fingerprint density at radius 3 is 2.59 bits per heavy atom. The highest BCUT2D eigenvalue weighted by molar-refractivity contribution is 5.68. The van der Waals surface area contributed by atoms with Crippen LogP contribution >= 0.6 is 0 Å². The van der Waals surface area contributed by atoms with Crippen LogP contribution in [0.5, 0.6) is 0 Å². The van der Waals surface area contributed by atoms with Crippen molar-refractivity contribution in [2.24, 2.45) is 22.8 Å². The summed E-state index contributed by atoms with van der Waals surface area (Å²) in [5.41, 5.74) is 20.8. The molecular formula is C25H30N2. The fourth-order valence-corrected chi connectivity index (χ4v) is 4.18. The zero-order valence-electron chi connectivity index (χ0n) is 16.8. The molecule has 0 fully saturated rings. The molecule has 4 N–H and O–H groups in total. The predicted octanol–water partition coefficient (Wildman–Crippen LogP) is 5.18. The average Bonchev–Trinajstić information content (AvgIpc) is 2.89. The number of rotatable bonds is 3. The molecule has 0 aromatic carbocycles. The van der Waals surface area contributed by atoms with E-state index >= 15 is 0 Å². The van der Waals surface area contributed by atoms with Crippen molar-refractivity contribution >= 4 is 0 Å². The third kappa shape index (κ3) is 3.38. The van der Waals surface area contributed by atoms with Crippen LogP contribution in [-0.2, 0) is 0 Å². The van der Waals surface area contributed by atoms with Gasteiger partial charge in [0, 0.05) is 23.1 Å². The zero-order chi connectivity index (χ0) is 19.8. The van der Waals surface area contributed by atoms with E-state index in [9.17, 15) is 0 Å². The molecule has 2 unspecified atom stereocenters. The lowest BCUT2D eigenvalue weighted by Crippen LogP contribution is -2.36. The average molecular weight is 359 g/mol. The third-order valence-electron chi connectivity index (χ3n) is 5.65. The maximum absolute atomic E-state index is 6.68. The molecular weight excluding hydrogens is 328 g/mol. The molecule has 2 atom stereocenters. The maximum atomic E-state index is 6.68. The van der Waals surface area contributed by atoms with Gasteiger partial charge in [-0.2, -0.15) is 0 Å². The third-order valence-corrected chi connectivity index (χ3v) is 5.65. The second-order valence-electron chi connectivity index (χ2n) is 7.88. The lowest BCUT2D eigenvalue weighted by atomic mass is 9.71. The zero-order valence-corrected chi connectivity index (χ0v) is 16.8. The van der Waals surface area contributed by atoms with Crippen molar-refractivity contribution in [2.75, 3.05) is 0 Å². The van der Waals surface area contributed by atoms with E-state index in [1.165, 1.54) is 27.9 Å². The molecule has 0 aromatic heterocycles. The Morgan fingerprint density at radius 1 is 1.22 bits per heavy atom.